The van der Waals surface area contributed by atoms with Gasteiger partial charge in [0.05, 0.1) is 11.4 Å². The van der Waals surface area contributed by atoms with E-state index in [-0.39, 0.29) is 0 Å². The Morgan fingerprint density at radius 1 is 1.28 bits per heavy atom. The highest BCUT2D eigenvalue weighted by Crippen LogP contribution is 2.34. The lowest BCUT2D eigenvalue weighted by Crippen LogP contribution is -2.36. The first kappa shape index (κ1) is 11.8. The van der Waals surface area contributed by atoms with Gasteiger partial charge in [0.25, 0.3) is 0 Å². The van der Waals surface area contributed by atoms with Gasteiger partial charge in [-0.25, -0.2) is 0 Å². The van der Waals surface area contributed by atoms with Crippen molar-refractivity contribution >= 4 is 11.4 Å². The van der Waals surface area contributed by atoms with Gasteiger partial charge in [-0.15, -0.1) is 0 Å². The molecule has 2 aliphatic heterocycles. The zero-order chi connectivity index (χ0) is 12.4. The molecular weight excluding hydrogens is 224 g/mol. The van der Waals surface area contributed by atoms with E-state index in [0.29, 0.717) is 0 Å². The number of anilines is 2. The van der Waals surface area contributed by atoms with Crippen molar-refractivity contribution in [2.45, 2.75) is 25.7 Å². The Hall–Kier alpha value is -1.22. The normalized spacial score (nSPS) is 20.8. The Kier molecular flexibility index (Phi) is 3.41. The number of rotatable bonds is 2. The van der Waals surface area contributed by atoms with Crippen molar-refractivity contribution in [1.82, 2.24) is 0 Å². The van der Waals surface area contributed by atoms with Gasteiger partial charge in [-0.1, -0.05) is 12.1 Å². The van der Waals surface area contributed by atoms with Crippen molar-refractivity contribution in [3.05, 3.63) is 23.8 Å². The average Bonchev–Trinajstić information content (AvgIpc) is 2.40. The summed E-state index contributed by atoms with van der Waals surface area (Å²) in [6.07, 6.45) is 4.81. The lowest BCUT2D eigenvalue weighted by molar-refractivity contribution is 0.0681. The van der Waals surface area contributed by atoms with Gasteiger partial charge in [0, 0.05) is 26.3 Å². The summed E-state index contributed by atoms with van der Waals surface area (Å²) in [6.45, 7) is 4.15. The van der Waals surface area contributed by atoms with Crippen LogP contribution in [0.4, 0.5) is 11.4 Å². The Morgan fingerprint density at radius 3 is 2.94 bits per heavy atom. The van der Waals surface area contributed by atoms with E-state index in [1.807, 2.05) is 6.07 Å². The molecule has 1 aromatic rings. The predicted molar refractivity (Wildman–Crippen MR) is 74.9 cm³/mol. The first-order chi connectivity index (χ1) is 8.84. The second-order valence-corrected chi connectivity index (χ2v) is 5.46. The van der Waals surface area contributed by atoms with Gasteiger partial charge in [0.1, 0.15) is 0 Å². The molecule has 3 heteroatoms. The zero-order valence-electron chi connectivity index (χ0n) is 10.9. The van der Waals surface area contributed by atoms with E-state index < -0.39 is 0 Å². The van der Waals surface area contributed by atoms with Gasteiger partial charge >= 0.3 is 0 Å². The number of nitrogens with two attached hydrogens (primary N) is 1. The highest BCUT2D eigenvalue weighted by atomic mass is 16.5. The predicted octanol–water partition coefficient (Wildman–Crippen LogP) is 2.45. The van der Waals surface area contributed by atoms with Crippen LogP contribution in [0.25, 0.3) is 0 Å². The molecule has 0 radical (unpaired) electrons. The van der Waals surface area contributed by atoms with Gasteiger partial charge in [0.2, 0.25) is 0 Å². The molecule has 0 atom stereocenters. The molecule has 3 rings (SSSR count). The number of hydrogen-bond acceptors (Lipinski definition) is 3. The molecular formula is C15H22N2O. The van der Waals surface area contributed by atoms with Crippen LogP contribution >= 0.6 is 0 Å². The van der Waals surface area contributed by atoms with Gasteiger partial charge < -0.3 is 15.4 Å². The minimum Gasteiger partial charge on any atom is -0.397 e. The van der Waals surface area contributed by atoms with Crippen molar-refractivity contribution in [3.8, 4) is 0 Å². The topological polar surface area (TPSA) is 38.5 Å². The minimum absolute atomic E-state index is 0.768. The summed E-state index contributed by atoms with van der Waals surface area (Å²) < 4.78 is 5.44. The van der Waals surface area contributed by atoms with Crippen LogP contribution < -0.4 is 10.6 Å². The molecule has 1 fully saturated rings. The maximum absolute atomic E-state index is 6.17. The summed E-state index contributed by atoms with van der Waals surface area (Å²) in [5.41, 5.74) is 9.84. The van der Waals surface area contributed by atoms with Crippen molar-refractivity contribution in [3.63, 3.8) is 0 Å². The number of para-hydroxylation sites is 1. The summed E-state index contributed by atoms with van der Waals surface area (Å²) in [5.74, 6) is 0.768. The number of nitrogens with zero attached hydrogens (tertiary/aromatic N) is 1. The number of hydrogen-bond donors (Lipinski definition) is 1. The van der Waals surface area contributed by atoms with Crippen molar-refractivity contribution in [2.24, 2.45) is 5.92 Å². The molecule has 1 aromatic carbocycles. The zero-order valence-corrected chi connectivity index (χ0v) is 10.9. The number of aryl methyl sites for hydroxylation is 1. The third kappa shape index (κ3) is 2.32. The van der Waals surface area contributed by atoms with Gasteiger partial charge in [0.15, 0.2) is 0 Å². The summed E-state index contributed by atoms with van der Waals surface area (Å²) >= 11 is 0. The maximum Gasteiger partial charge on any atom is 0.0632 e. The van der Waals surface area contributed by atoms with Crippen LogP contribution in [-0.4, -0.2) is 26.3 Å². The number of benzene rings is 1. The van der Waals surface area contributed by atoms with Crippen molar-refractivity contribution in [2.75, 3.05) is 36.9 Å². The smallest absolute Gasteiger partial charge is 0.0632 e. The Bertz CT molecular complexity index is 413. The quantitative estimate of drug-likeness (QED) is 0.815. The molecule has 2 N–H and O–H groups in total. The molecule has 0 amide bonds. The SMILES string of the molecule is Nc1cccc2c1N(CC1CCOCC1)CCC2. The second kappa shape index (κ2) is 5.19. The lowest BCUT2D eigenvalue weighted by Gasteiger charge is -2.36. The lowest BCUT2D eigenvalue weighted by atomic mass is 9.95. The van der Waals surface area contributed by atoms with Crippen molar-refractivity contribution in [1.29, 1.82) is 0 Å². The van der Waals surface area contributed by atoms with Crippen LogP contribution in [0.3, 0.4) is 0 Å². The van der Waals surface area contributed by atoms with Crippen molar-refractivity contribution < 1.29 is 4.74 Å². The van der Waals surface area contributed by atoms with E-state index in [0.717, 1.165) is 37.9 Å². The molecule has 0 saturated carbocycles. The minimum atomic E-state index is 0.768. The van der Waals surface area contributed by atoms with Gasteiger partial charge in [-0.3, -0.25) is 0 Å². The number of fused-ring (bicyclic) bond motifs is 1. The fourth-order valence-electron chi connectivity index (χ4n) is 3.19. The maximum atomic E-state index is 6.17. The van der Waals surface area contributed by atoms with Crippen LogP contribution in [0, 0.1) is 5.92 Å². The molecule has 0 spiro atoms. The highest BCUT2D eigenvalue weighted by Gasteiger charge is 2.23. The third-order valence-corrected chi connectivity index (χ3v) is 4.16. The monoisotopic (exact) mass is 246 g/mol. The summed E-state index contributed by atoms with van der Waals surface area (Å²) in [7, 11) is 0. The molecule has 98 valence electrons. The van der Waals surface area contributed by atoms with E-state index in [2.05, 4.69) is 17.0 Å². The van der Waals surface area contributed by atoms with Gasteiger partial charge in [-0.05, 0) is 43.2 Å². The van der Waals surface area contributed by atoms with Crippen LogP contribution in [0.5, 0.6) is 0 Å². The average molecular weight is 246 g/mol. The third-order valence-electron chi connectivity index (χ3n) is 4.16. The largest absolute Gasteiger partial charge is 0.397 e. The Balaban J connectivity index is 1.78. The molecule has 0 bridgehead atoms. The first-order valence-electron chi connectivity index (χ1n) is 7.04. The Labute approximate surface area is 109 Å². The fraction of sp³-hybridized carbons (Fsp3) is 0.600. The molecule has 0 unspecified atom stereocenters. The second-order valence-electron chi connectivity index (χ2n) is 5.46. The van der Waals surface area contributed by atoms with E-state index in [9.17, 15) is 0 Å². The molecule has 2 heterocycles. The number of ether oxygens (including phenoxy) is 1. The molecule has 18 heavy (non-hydrogen) atoms. The summed E-state index contributed by atoms with van der Waals surface area (Å²) in [6, 6.07) is 6.33. The standard InChI is InChI=1S/C15H22N2O/c16-14-5-1-3-13-4-2-8-17(15(13)14)11-12-6-9-18-10-7-12/h1,3,5,12H,2,4,6-11,16H2. The molecule has 0 aromatic heterocycles. The summed E-state index contributed by atoms with van der Waals surface area (Å²) in [5, 5.41) is 0. The van der Waals surface area contributed by atoms with Crippen LogP contribution in [0.1, 0.15) is 24.8 Å². The first-order valence-corrected chi connectivity index (χ1v) is 7.04. The van der Waals surface area contributed by atoms with E-state index in [4.69, 9.17) is 10.5 Å². The fourth-order valence-corrected chi connectivity index (χ4v) is 3.19. The Morgan fingerprint density at radius 2 is 2.11 bits per heavy atom. The molecule has 0 aliphatic carbocycles. The number of nitrogen functional groups attached to an aromatic ring is 1. The van der Waals surface area contributed by atoms with Gasteiger partial charge in [-0.2, -0.15) is 0 Å². The summed E-state index contributed by atoms with van der Waals surface area (Å²) in [4.78, 5) is 2.50. The highest BCUT2D eigenvalue weighted by molar-refractivity contribution is 5.72. The molecule has 1 saturated heterocycles. The molecule has 3 nitrogen and oxygen atoms in total. The van der Waals surface area contributed by atoms with E-state index >= 15 is 0 Å². The van der Waals surface area contributed by atoms with E-state index in [1.165, 1.54) is 36.9 Å². The van der Waals surface area contributed by atoms with Crippen LogP contribution in [0.2, 0.25) is 0 Å². The molecule has 2 aliphatic rings. The van der Waals surface area contributed by atoms with Crippen LogP contribution in [0.15, 0.2) is 18.2 Å². The van der Waals surface area contributed by atoms with E-state index in [1.54, 1.807) is 0 Å². The van der Waals surface area contributed by atoms with Crippen LogP contribution in [-0.2, 0) is 11.2 Å².